The van der Waals surface area contributed by atoms with E-state index in [0.29, 0.717) is 0 Å². The van der Waals surface area contributed by atoms with Crippen molar-refractivity contribution in [1.29, 1.82) is 0 Å². The van der Waals surface area contributed by atoms with Crippen LogP contribution in [0.5, 0.6) is 0 Å². The first-order chi connectivity index (χ1) is 11.5. The van der Waals surface area contributed by atoms with Gasteiger partial charge < -0.3 is 37.2 Å². The Morgan fingerprint density at radius 1 is 0.625 bits per heavy atom. The van der Waals surface area contributed by atoms with E-state index >= 15 is 0 Å². The lowest BCUT2D eigenvalue weighted by molar-refractivity contribution is 0.122. The van der Waals surface area contributed by atoms with Crippen LogP contribution < -0.4 is 10.6 Å². The second-order valence-electron chi connectivity index (χ2n) is 5.43. The van der Waals surface area contributed by atoms with E-state index in [-0.39, 0.29) is 6.17 Å². The van der Waals surface area contributed by atoms with Crippen LogP contribution in [0.1, 0.15) is 19.8 Å². The van der Waals surface area contributed by atoms with Crippen molar-refractivity contribution in [2.24, 2.45) is 0 Å². The maximum atomic E-state index is 5.41. The molecule has 0 aromatic carbocycles. The zero-order chi connectivity index (χ0) is 18.5. The number of nitrogens with one attached hydrogen (secondary N) is 2. The largest absolute Gasteiger partial charge is 0.500 e. The van der Waals surface area contributed by atoms with Crippen molar-refractivity contribution in [3.8, 4) is 0 Å². The second-order valence-corrected chi connectivity index (χ2v) is 11.6. The highest BCUT2D eigenvalue weighted by Gasteiger charge is 2.37. The van der Waals surface area contributed by atoms with Crippen LogP contribution in [0.25, 0.3) is 0 Å². The van der Waals surface area contributed by atoms with Gasteiger partial charge in [0.2, 0.25) is 0 Å². The van der Waals surface area contributed by atoms with Crippen LogP contribution in [0.3, 0.4) is 0 Å². The summed E-state index contributed by atoms with van der Waals surface area (Å²) >= 11 is 0. The Labute approximate surface area is 149 Å². The van der Waals surface area contributed by atoms with Crippen LogP contribution in [-0.4, -0.2) is 79.5 Å². The van der Waals surface area contributed by atoms with Gasteiger partial charge in [-0.05, 0) is 32.9 Å². The third-order valence-electron chi connectivity index (χ3n) is 4.09. The molecule has 8 nitrogen and oxygen atoms in total. The molecule has 2 N–H and O–H groups in total. The van der Waals surface area contributed by atoms with Gasteiger partial charge in [0.05, 0.1) is 6.17 Å². The maximum absolute atomic E-state index is 5.41. The highest BCUT2D eigenvalue weighted by atomic mass is 28.4. The van der Waals surface area contributed by atoms with Crippen molar-refractivity contribution in [3.05, 3.63) is 0 Å². The first-order valence-corrected chi connectivity index (χ1v) is 12.1. The maximum Gasteiger partial charge on any atom is 0.500 e. The lowest BCUT2D eigenvalue weighted by Crippen LogP contribution is -2.45. The quantitative estimate of drug-likeness (QED) is 0.232. The van der Waals surface area contributed by atoms with Crippen molar-refractivity contribution in [1.82, 2.24) is 10.6 Å². The fourth-order valence-corrected chi connectivity index (χ4v) is 5.88. The van der Waals surface area contributed by atoms with E-state index < -0.39 is 17.6 Å². The average Bonchev–Trinajstić information content (AvgIpc) is 2.63. The second kappa shape index (κ2) is 13.3. The van der Waals surface area contributed by atoms with Crippen LogP contribution in [-0.2, 0) is 26.6 Å². The zero-order valence-corrected chi connectivity index (χ0v) is 18.3. The van der Waals surface area contributed by atoms with Gasteiger partial charge in [0.25, 0.3) is 0 Å². The summed E-state index contributed by atoms with van der Waals surface area (Å²) in [6.07, 6.45) is 2.08. The molecule has 10 heteroatoms. The molecule has 0 amide bonds. The van der Waals surface area contributed by atoms with E-state index in [2.05, 4.69) is 17.6 Å². The van der Waals surface area contributed by atoms with Crippen LogP contribution in [0, 0.1) is 0 Å². The topological polar surface area (TPSA) is 79.4 Å². The molecule has 0 radical (unpaired) electrons. The Kier molecular flexibility index (Phi) is 13.4. The minimum absolute atomic E-state index is 0.220. The van der Waals surface area contributed by atoms with E-state index in [1.165, 1.54) is 0 Å². The normalized spacial score (nSPS) is 13.0. The Morgan fingerprint density at radius 3 is 1.17 bits per heavy atom. The predicted octanol–water partition coefficient (Wildman–Crippen LogP) is 1.05. The van der Waals surface area contributed by atoms with E-state index in [9.17, 15) is 0 Å². The molecular formula is C14H36N2O6Si2. The average molecular weight is 385 g/mol. The molecule has 0 saturated carbocycles. The summed E-state index contributed by atoms with van der Waals surface area (Å²) in [5.74, 6) is 0. The summed E-state index contributed by atoms with van der Waals surface area (Å²) in [5.41, 5.74) is 0. The Morgan fingerprint density at radius 2 is 0.917 bits per heavy atom. The SMILES string of the molecule is CO[Si](CCCNC(C)NCCC[Si](OC)(OC)OC)(OC)OC. The summed E-state index contributed by atoms with van der Waals surface area (Å²) < 4.78 is 32.4. The molecule has 0 rings (SSSR count). The standard InChI is InChI=1S/C14H36N2O6Si2/c1-14(15-10-8-12-23(17-2,18-3)19-4)16-11-9-13-24(20-5,21-6)22-7/h14-16H,8-13H2,1-7H3. The number of hydrogen-bond acceptors (Lipinski definition) is 8. The van der Waals surface area contributed by atoms with E-state index in [4.69, 9.17) is 26.6 Å². The lowest BCUT2D eigenvalue weighted by Gasteiger charge is -2.25. The van der Waals surface area contributed by atoms with Crippen molar-refractivity contribution in [3.63, 3.8) is 0 Å². The highest BCUT2D eigenvalue weighted by molar-refractivity contribution is 6.60. The summed E-state index contributed by atoms with van der Waals surface area (Å²) in [4.78, 5) is 0. The fourth-order valence-electron chi connectivity index (χ4n) is 2.43. The van der Waals surface area contributed by atoms with Gasteiger partial charge in [0.15, 0.2) is 0 Å². The Hall–Kier alpha value is 0.114. The Balaban J connectivity index is 3.86. The van der Waals surface area contributed by atoms with Gasteiger partial charge in [-0.3, -0.25) is 0 Å². The molecule has 0 spiro atoms. The molecule has 146 valence electrons. The molecule has 0 aliphatic carbocycles. The van der Waals surface area contributed by atoms with Crippen LogP contribution in [0.15, 0.2) is 0 Å². The van der Waals surface area contributed by atoms with Gasteiger partial charge in [0, 0.05) is 54.7 Å². The molecule has 24 heavy (non-hydrogen) atoms. The molecule has 0 aliphatic rings. The van der Waals surface area contributed by atoms with Gasteiger partial charge in [-0.2, -0.15) is 0 Å². The third-order valence-corrected chi connectivity index (χ3v) is 9.75. The van der Waals surface area contributed by atoms with Crippen LogP contribution >= 0.6 is 0 Å². The molecule has 0 fully saturated rings. The molecule has 0 unspecified atom stereocenters. The predicted molar refractivity (Wildman–Crippen MR) is 97.9 cm³/mol. The van der Waals surface area contributed by atoms with Gasteiger partial charge >= 0.3 is 17.6 Å². The molecule has 0 atom stereocenters. The van der Waals surface area contributed by atoms with E-state index in [1.54, 1.807) is 42.7 Å². The lowest BCUT2D eigenvalue weighted by atomic mass is 10.4. The number of hydrogen-bond donors (Lipinski definition) is 2. The van der Waals surface area contributed by atoms with Crippen molar-refractivity contribution in [2.45, 2.75) is 38.0 Å². The minimum Gasteiger partial charge on any atom is -0.377 e. The molecule has 0 aliphatic heterocycles. The minimum atomic E-state index is -2.45. The van der Waals surface area contributed by atoms with Gasteiger partial charge in [-0.25, -0.2) is 0 Å². The smallest absolute Gasteiger partial charge is 0.377 e. The fraction of sp³-hybridized carbons (Fsp3) is 1.00. The van der Waals surface area contributed by atoms with Crippen molar-refractivity contribution in [2.75, 3.05) is 55.7 Å². The molecular weight excluding hydrogens is 348 g/mol. The third kappa shape index (κ3) is 8.47. The van der Waals surface area contributed by atoms with Gasteiger partial charge in [0.1, 0.15) is 0 Å². The molecule has 0 bridgehead atoms. The van der Waals surface area contributed by atoms with Crippen molar-refractivity contribution >= 4 is 17.6 Å². The zero-order valence-electron chi connectivity index (χ0n) is 16.3. The molecule has 0 aromatic heterocycles. The summed E-state index contributed by atoms with van der Waals surface area (Å²) in [6.45, 7) is 3.83. The van der Waals surface area contributed by atoms with Gasteiger partial charge in [-0.1, -0.05) is 0 Å². The molecule has 0 aromatic rings. The first kappa shape index (κ1) is 24.1. The molecule has 0 heterocycles. The first-order valence-electron chi connectivity index (χ1n) is 8.24. The van der Waals surface area contributed by atoms with Gasteiger partial charge in [-0.15, -0.1) is 0 Å². The number of rotatable bonds is 16. The molecule has 0 saturated heterocycles. The van der Waals surface area contributed by atoms with E-state index in [1.807, 2.05) is 0 Å². The van der Waals surface area contributed by atoms with Crippen LogP contribution in [0.4, 0.5) is 0 Å². The highest BCUT2D eigenvalue weighted by Crippen LogP contribution is 2.15. The summed E-state index contributed by atoms with van der Waals surface area (Å²) in [7, 11) is 4.93. The summed E-state index contributed by atoms with van der Waals surface area (Å²) in [5, 5.41) is 6.86. The summed E-state index contributed by atoms with van der Waals surface area (Å²) in [6, 6.07) is 1.58. The van der Waals surface area contributed by atoms with Crippen molar-refractivity contribution < 1.29 is 26.6 Å². The monoisotopic (exact) mass is 384 g/mol. The van der Waals surface area contributed by atoms with Crippen LogP contribution in [0.2, 0.25) is 12.1 Å². The van der Waals surface area contributed by atoms with E-state index in [0.717, 1.165) is 38.0 Å². The Bertz CT molecular complexity index is 262.